The van der Waals surface area contributed by atoms with Crippen LogP contribution in [0.15, 0.2) is 0 Å². The van der Waals surface area contributed by atoms with Gasteiger partial charge in [0.1, 0.15) is 0 Å². The van der Waals surface area contributed by atoms with Crippen molar-refractivity contribution in [1.29, 1.82) is 0 Å². The summed E-state index contributed by atoms with van der Waals surface area (Å²) in [5, 5.41) is 6.38. The smallest absolute Gasteiger partial charge is 0.222 e. The van der Waals surface area contributed by atoms with Crippen LogP contribution < -0.4 is 10.6 Å². The molecular weight excluding hydrogens is 242 g/mol. The van der Waals surface area contributed by atoms with Crippen LogP contribution in [0, 0.1) is 5.92 Å². The highest BCUT2D eigenvalue weighted by molar-refractivity contribution is 5.76. The molecule has 2 N–H and O–H groups in total. The molecule has 5 nitrogen and oxygen atoms in total. The molecule has 1 saturated heterocycles. The lowest BCUT2D eigenvalue weighted by atomic mass is 10.0. The van der Waals surface area contributed by atoms with E-state index in [0.29, 0.717) is 18.9 Å². The molecule has 1 fully saturated rings. The van der Waals surface area contributed by atoms with Gasteiger partial charge in [-0.2, -0.15) is 0 Å². The van der Waals surface area contributed by atoms with Crippen molar-refractivity contribution in [2.75, 3.05) is 40.3 Å². The van der Waals surface area contributed by atoms with E-state index >= 15 is 0 Å². The molecule has 0 aliphatic carbocycles. The minimum Gasteiger partial charge on any atom is -0.375 e. The molecule has 0 aromatic carbocycles. The maximum absolute atomic E-state index is 12.0. The minimum absolute atomic E-state index is 0.0211. The first-order valence-corrected chi connectivity index (χ1v) is 7.23. The van der Waals surface area contributed by atoms with E-state index in [4.69, 9.17) is 4.74 Å². The number of hydrogen-bond donors (Lipinski definition) is 2. The molecule has 1 aliphatic heterocycles. The van der Waals surface area contributed by atoms with Crippen molar-refractivity contribution in [2.24, 2.45) is 5.92 Å². The van der Waals surface area contributed by atoms with Crippen molar-refractivity contribution >= 4 is 5.91 Å². The highest BCUT2D eigenvalue weighted by atomic mass is 16.5. The van der Waals surface area contributed by atoms with Crippen molar-refractivity contribution in [2.45, 2.75) is 38.8 Å². The summed E-state index contributed by atoms with van der Waals surface area (Å²) in [5.74, 6) is 0.680. The van der Waals surface area contributed by atoms with Crippen LogP contribution in [-0.2, 0) is 9.53 Å². The first-order chi connectivity index (χ1) is 8.97. The maximum atomic E-state index is 12.0. The zero-order valence-electron chi connectivity index (χ0n) is 12.7. The topological polar surface area (TPSA) is 53.6 Å². The van der Waals surface area contributed by atoms with Crippen molar-refractivity contribution in [3.05, 3.63) is 0 Å². The molecule has 2 atom stereocenters. The lowest BCUT2D eigenvalue weighted by molar-refractivity contribution is -0.125. The summed E-state index contributed by atoms with van der Waals surface area (Å²) in [6.45, 7) is 7.61. The molecular formula is C14H29N3O2. The summed E-state index contributed by atoms with van der Waals surface area (Å²) in [6.07, 6.45) is 1.48. The van der Waals surface area contributed by atoms with Crippen LogP contribution in [0.5, 0.6) is 0 Å². The van der Waals surface area contributed by atoms with Crippen LogP contribution in [0.3, 0.4) is 0 Å². The Hall–Kier alpha value is -0.650. The Morgan fingerprint density at radius 1 is 1.47 bits per heavy atom. The number of likely N-dealkylation sites (N-methyl/N-ethyl adjacent to an activating group) is 1. The molecule has 5 heteroatoms. The van der Waals surface area contributed by atoms with Gasteiger partial charge in [-0.3, -0.25) is 4.79 Å². The molecule has 0 aromatic rings. The van der Waals surface area contributed by atoms with Gasteiger partial charge in [-0.05, 0) is 26.4 Å². The van der Waals surface area contributed by atoms with Gasteiger partial charge in [0.05, 0.1) is 19.1 Å². The average Bonchev–Trinajstić information content (AvgIpc) is 2.27. The number of carbonyl (C=O) groups excluding carboxylic acids is 1. The number of morpholine rings is 1. The molecule has 1 aliphatic rings. The van der Waals surface area contributed by atoms with E-state index in [1.165, 1.54) is 0 Å². The number of carbonyl (C=O) groups is 1. The van der Waals surface area contributed by atoms with Crippen LogP contribution >= 0.6 is 0 Å². The molecule has 2 unspecified atom stereocenters. The first kappa shape index (κ1) is 16.4. The number of nitrogens with one attached hydrogen (secondary N) is 2. The fourth-order valence-electron chi connectivity index (χ4n) is 2.43. The predicted octanol–water partition coefficient (Wildman–Crippen LogP) is 0.457. The van der Waals surface area contributed by atoms with E-state index in [-0.39, 0.29) is 18.1 Å². The van der Waals surface area contributed by atoms with Gasteiger partial charge in [-0.15, -0.1) is 0 Å². The lowest BCUT2D eigenvalue weighted by Gasteiger charge is -2.26. The maximum Gasteiger partial charge on any atom is 0.222 e. The Kier molecular flexibility index (Phi) is 7.34. The van der Waals surface area contributed by atoms with E-state index < -0.39 is 0 Å². The summed E-state index contributed by atoms with van der Waals surface area (Å²) >= 11 is 0. The molecule has 1 rings (SSSR count). The minimum atomic E-state index is 0.0211. The lowest BCUT2D eigenvalue weighted by Crippen LogP contribution is -2.46. The van der Waals surface area contributed by atoms with E-state index in [9.17, 15) is 4.79 Å². The Morgan fingerprint density at radius 3 is 2.74 bits per heavy atom. The van der Waals surface area contributed by atoms with Gasteiger partial charge in [0.25, 0.3) is 0 Å². The molecule has 112 valence electrons. The Bertz CT molecular complexity index is 253. The molecule has 1 amide bonds. The quantitative estimate of drug-likeness (QED) is 0.706. The molecule has 1 heterocycles. The standard InChI is InChI=1S/C14H29N3O2/c1-11(2)7-12(10-17(3)4)16-14(18)8-13-9-15-5-6-19-13/h11-13,15H,5-10H2,1-4H3,(H,16,18). The third-order valence-corrected chi connectivity index (χ3v) is 3.12. The monoisotopic (exact) mass is 271 g/mol. The third kappa shape index (κ3) is 7.50. The van der Waals surface area contributed by atoms with Gasteiger partial charge in [0.15, 0.2) is 0 Å². The Balaban J connectivity index is 2.36. The Labute approximate surface area is 117 Å². The fraction of sp³-hybridized carbons (Fsp3) is 0.929. The summed E-state index contributed by atoms with van der Waals surface area (Å²) in [4.78, 5) is 14.2. The van der Waals surface area contributed by atoms with Crippen LogP contribution in [-0.4, -0.2) is 63.3 Å². The van der Waals surface area contributed by atoms with E-state index in [1.54, 1.807) is 0 Å². The van der Waals surface area contributed by atoms with Crippen LogP contribution in [0.1, 0.15) is 26.7 Å². The van der Waals surface area contributed by atoms with E-state index in [1.807, 2.05) is 14.1 Å². The van der Waals surface area contributed by atoms with Gasteiger partial charge >= 0.3 is 0 Å². The van der Waals surface area contributed by atoms with Crippen molar-refractivity contribution in [3.8, 4) is 0 Å². The largest absolute Gasteiger partial charge is 0.375 e. The zero-order valence-corrected chi connectivity index (χ0v) is 12.7. The van der Waals surface area contributed by atoms with E-state index in [0.717, 1.165) is 26.1 Å². The molecule has 0 bridgehead atoms. The Morgan fingerprint density at radius 2 is 2.21 bits per heavy atom. The van der Waals surface area contributed by atoms with Gasteiger partial charge in [-0.25, -0.2) is 0 Å². The number of nitrogens with zero attached hydrogens (tertiary/aromatic N) is 1. The van der Waals surface area contributed by atoms with Crippen LogP contribution in [0.4, 0.5) is 0 Å². The molecule has 0 radical (unpaired) electrons. The fourth-order valence-corrected chi connectivity index (χ4v) is 2.43. The summed E-state index contributed by atoms with van der Waals surface area (Å²) in [6, 6.07) is 0.221. The molecule has 0 spiro atoms. The third-order valence-electron chi connectivity index (χ3n) is 3.12. The second-order valence-electron chi connectivity index (χ2n) is 6.06. The summed E-state index contributed by atoms with van der Waals surface area (Å²) < 4.78 is 5.56. The van der Waals surface area contributed by atoms with Gasteiger partial charge in [0, 0.05) is 25.7 Å². The highest BCUT2D eigenvalue weighted by Gasteiger charge is 2.20. The van der Waals surface area contributed by atoms with Gasteiger partial charge in [0.2, 0.25) is 5.91 Å². The first-order valence-electron chi connectivity index (χ1n) is 7.23. The predicted molar refractivity (Wildman–Crippen MR) is 77.2 cm³/mol. The zero-order chi connectivity index (χ0) is 14.3. The van der Waals surface area contributed by atoms with Gasteiger partial charge in [-0.1, -0.05) is 13.8 Å². The summed E-state index contributed by atoms with van der Waals surface area (Å²) in [7, 11) is 4.07. The molecule has 0 saturated carbocycles. The normalized spacial score (nSPS) is 21.7. The highest BCUT2D eigenvalue weighted by Crippen LogP contribution is 2.07. The van der Waals surface area contributed by atoms with Crippen molar-refractivity contribution in [3.63, 3.8) is 0 Å². The molecule has 0 aromatic heterocycles. The SMILES string of the molecule is CC(C)CC(CN(C)C)NC(=O)CC1CNCCO1. The average molecular weight is 271 g/mol. The van der Waals surface area contributed by atoms with Crippen molar-refractivity contribution in [1.82, 2.24) is 15.5 Å². The second-order valence-corrected chi connectivity index (χ2v) is 6.06. The van der Waals surface area contributed by atoms with Crippen LogP contribution in [0.25, 0.3) is 0 Å². The van der Waals surface area contributed by atoms with Crippen molar-refractivity contribution < 1.29 is 9.53 Å². The van der Waals surface area contributed by atoms with Gasteiger partial charge < -0.3 is 20.3 Å². The van der Waals surface area contributed by atoms with Crippen LogP contribution in [0.2, 0.25) is 0 Å². The number of rotatable bonds is 7. The number of amides is 1. The molecule has 19 heavy (non-hydrogen) atoms. The number of ether oxygens (including phenoxy) is 1. The second kappa shape index (κ2) is 8.51. The van der Waals surface area contributed by atoms with E-state index in [2.05, 4.69) is 29.4 Å². The number of hydrogen-bond acceptors (Lipinski definition) is 4. The summed E-state index contributed by atoms with van der Waals surface area (Å²) in [5.41, 5.74) is 0.